The monoisotopic (exact) mass is 387 g/mol. The maximum atomic E-state index is 11.2. The fourth-order valence-electron chi connectivity index (χ4n) is 3.26. The predicted molar refractivity (Wildman–Crippen MR) is 104 cm³/mol. The summed E-state index contributed by atoms with van der Waals surface area (Å²) in [5.41, 5.74) is 3.10. The van der Waals surface area contributed by atoms with E-state index in [-0.39, 0.29) is 0 Å². The lowest BCUT2D eigenvalue weighted by Gasteiger charge is -2.08. The van der Waals surface area contributed by atoms with E-state index in [2.05, 4.69) is 38.7 Å². The Balaban J connectivity index is 2.03. The number of halogens is 1. The van der Waals surface area contributed by atoms with E-state index in [0.717, 1.165) is 41.1 Å². The third kappa shape index (κ3) is 3.34. The fourth-order valence-corrected chi connectivity index (χ4v) is 3.66. The topological polar surface area (TPSA) is 31.2 Å². The summed E-state index contributed by atoms with van der Waals surface area (Å²) in [6.07, 6.45) is 5.78. The van der Waals surface area contributed by atoms with E-state index in [4.69, 9.17) is 4.74 Å². The molecule has 126 valence electrons. The Bertz CT molecular complexity index is 854. The third-order valence-corrected chi connectivity index (χ3v) is 5.06. The molecule has 0 fully saturated rings. The number of benzene rings is 2. The molecule has 1 heterocycles. The van der Waals surface area contributed by atoms with E-state index in [1.807, 2.05) is 18.2 Å². The molecule has 0 amide bonds. The summed E-state index contributed by atoms with van der Waals surface area (Å²) < 4.78 is 7.75. The minimum absolute atomic E-state index is 0.710. The van der Waals surface area contributed by atoms with Crippen molar-refractivity contribution in [2.75, 3.05) is 12.4 Å². The second-order valence-electron chi connectivity index (χ2n) is 6.03. The molecule has 0 spiro atoms. The Kier molecular flexibility index (Phi) is 5.56. The fraction of sp³-hybridized carbons (Fsp3) is 0.350. The minimum Gasteiger partial charge on any atom is -0.497 e. The van der Waals surface area contributed by atoms with Gasteiger partial charge in [-0.2, -0.15) is 0 Å². The van der Waals surface area contributed by atoms with Gasteiger partial charge in [-0.15, -0.1) is 0 Å². The zero-order valence-corrected chi connectivity index (χ0v) is 15.5. The lowest BCUT2D eigenvalue weighted by molar-refractivity contribution is 0.112. The largest absolute Gasteiger partial charge is 0.497 e. The molecule has 3 nitrogen and oxygen atoms in total. The average molecular weight is 388 g/mol. The van der Waals surface area contributed by atoms with E-state index in [0.29, 0.717) is 5.56 Å². The molecule has 0 aliphatic heterocycles. The number of alkyl halides is 1. The lowest BCUT2D eigenvalue weighted by Crippen LogP contribution is -1.98. The van der Waals surface area contributed by atoms with Crippen LogP contribution < -0.4 is 4.74 Å². The van der Waals surface area contributed by atoms with Crippen LogP contribution in [0.4, 0.5) is 0 Å². The summed E-state index contributed by atoms with van der Waals surface area (Å²) in [4.78, 5) is 11.2. The summed E-state index contributed by atoms with van der Waals surface area (Å²) in [6, 6.07) is 12.1. The number of methoxy groups -OCH3 is 1. The van der Waals surface area contributed by atoms with Crippen LogP contribution >= 0.6 is 15.9 Å². The van der Waals surface area contributed by atoms with Crippen LogP contribution in [0.5, 0.6) is 5.75 Å². The molecule has 1 aromatic heterocycles. The van der Waals surface area contributed by atoms with Gasteiger partial charge in [-0.3, -0.25) is 4.79 Å². The average Bonchev–Trinajstić information content (AvgIpc) is 2.94. The van der Waals surface area contributed by atoms with Crippen LogP contribution in [0.1, 0.15) is 36.0 Å². The van der Waals surface area contributed by atoms with Crippen molar-refractivity contribution < 1.29 is 9.53 Å². The molecule has 3 rings (SSSR count). The van der Waals surface area contributed by atoms with Gasteiger partial charge < -0.3 is 9.30 Å². The van der Waals surface area contributed by atoms with Crippen molar-refractivity contribution in [2.45, 2.75) is 32.2 Å². The molecular weight excluding hydrogens is 366 g/mol. The van der Waals surface area contributed by atoms with Crippen molar-refractivity contribution in [3.05, 3.63) is 42.0 Å². The second-order valence-corrected chi connectivity index (χ2v) is 6.83. The quantitative estimate of drug-likeness (QED) is 0.287. The SMILES string of the molecule is COc1ccc2c(c1)c1cc(C=O)ccc1n2CCCCCCBr. The number of aromatic nitrogens is 1. The van der Waals surface area contributed by atoms with Gasteiger partial charge in [0.25, 0.3) is 0 Å². The number of fused-ring (bicyclic) bond motifs is 3. The van der Waals surface area contributed by atoms with Gasteiger partial charge in [-0.05, 0) is 49.2 Å². The Morgan fingerprint density at radius 3 is 2.42 bits per heavy atom. The van der Waals surface area contributed by atoms with E-state index in [9.17, 15) is 4.79 Å². The molecule has 0 radical (unpaired) electrons. The smallest absolute Gasteiger partial charge is 0.150 e. The number of hydrogen-bond acceptors (Lipinski definition) is 2. The number of nitrogens with zero attached hydrogens (tertiary/aromatic N) is 1. The van der Waals surface area contributed by atoms with Gasteiger partial charge in [0.2, 0.25) is 0 Å². The first-order chi connectivity index (χ1) is 11.8. The Morgan fingerprint density at radius 1 is 1.00 bits per heavy atom. The number of aldehydes is 1. The van der Waals surface area contributed by atoms with E-state index in [1.165, 1.54) is 30.3 Å². The highest BCUT2D eigenvalue weighted by molar-refractivity contribution is 9.09. The number of hydrogen-bond donors (Lipinski definition) is 0. The molecular formula is C20H22BrNO2. The molecule has 0 unspecified atom stereocenters. The number of unbranched alkanes of at least 4 members (excludes halogenated alkanes) is 3. The zero-order valence-electron chi connectivity index (χ0n) is 13.9. The first-order valence-electron chi connectivity index (χ1n) is 8.39. The Labute approximate surface area is 150 Å². The highest BCUT2D eigenvalue weighted by Gasteiger charge is 2.12. The van der Waals surface area contributed by atoms with E-state index < -0.39 is 0 Å². The van der Waals surface area contributed by atoms with Gasteiger partial charge in [0, 0.05) is 39.2 Å². The number of ether oxygens (including phenoxy) is 1. The van der Waals surface area contributed by atoms with Crippen LogP contribution in [-0.2, 0) is 6.54 Å². The molecule has 24 heavy (non-hydrogen) atoms. The van der Waals surface area contributed by atoms with Crippen molar-refractivity contribution in [2.24, 2.45) is 0 Å². The van der Waals surface area contributed by atoms with E-state index in [1.54, 1.807) is 7.11 Å². The molecule has 0 atom stereocenters. The van der Waals surface area contributed by atoms with Gasteiger partial charge in [0.15, 0.2) is 0 Å². The van der Waals surface area contributed by atoms with Crippen LogP contribution in [0.25, 0.3) is 21.8 Å². The minimum atomic E-state index is 0.710. The van der Waals surface area contributed by atoms with Gasteiger partial charge in [0.05, 0.1) is 7.11 Å². The van der Waals surface area contributed by atoms with E-state index >= 15 is 0 Å². The van der Waals surface area contributed by atoms with Crippen molar-refractivity contribution in [3.8, 4) is 5.75 Å². The van der Waals surface area contributed by atoms with Crippen LogP contribution in [0, 0.1) is 0 Å². The number of aryl methyl sites for hydroxylation is 1. The Morgan fingerprint density at radius 2 is 1.71 bits per heavy atom. The van der Waals surface area contributed by atoms with Crippen molar-refractivity contribution in [3.63, 3.8) is 0 Å². The number of carbonyl (C=O) groups excluding carboxylic acids is 1. The maximum absolute atomic E-state index is 11.2. The Hall–Kier alpha value is -1.81. The van der Waals surface area contributed by atoms with Crippen molar-refractivity contribution in [1.82, 2.24) is 4.57 Å². The molecule has 0 bridgehead atoms. The first-order valence-corrected chi connectivity index (χ1v) is 9.51. The number of carbonyl (C=O) groups is 1. The lowest BCUT2D eigenvalue weighted by atomic mass is 10.1. The standard InChI is InChI=1S/C20H22BrNO2/c1-24-16-7-9-20-18(13-16)17-12-15(14-23)6-8-19(17)22(20)11-5-3-2-4-10-21/h6-9,12-14H,2-5,10-11H2,1H3. The third-order valence-electron chi connectivity index (χ3n) is 4.50. The molecule has 0 aliphatic rings. The molecule has 3 aromatic rings. The number of rotatable bonds is 8. The predicted octanol–water partition coefficient (Wildman–Crippen LogP) is 5.57. The van der Waals surface area contributed by atoms with Crippen LogP contribution in [0.2, 0.25) is 0 Å². The second kappa shape index (κ2) is 7.84. The molecule has 0 N–H and O–H groups in total. The summed E-state index contributed by atoms with van der Waals surface area (Å²) in [5, 5.41) is 3.35. The first kappa shape index (κ1) is 17.0. The summed E-state index contributed by atoms with van der Waals surface area (Å²) in [5.74, 6) is 0.843. The molecule has 0 aliphatic carbocycles. The normalized spacial score (nSPS) is 11.2. The molecule has 2 aromatic carbocycles. The van der Waals surface area contributed by atoms with Crippen molar-refractivity contribution >= 4 is 44.0 Å². The van der Waals surface area contributed by atoms with Crippen LogP contribution in [-0.4, -0.2) is 23.3 Å². The summed E-state index contributed by atoms with van der Waals surface area (Å²) >= 11 is 3.49. The summed E-state index contributed by atoms with van der Waals surface area (Å²) in [6.45, 7) is 0.995. The van der Waals surface area contributed by atoms with Gasteiger partial charge in [-0.25, -0.2) is 0 Å². The summed E-state index contributed by atoms with van der Waals surface area (Å²) in [7, 11) is 1.68. The van der Waals surface area contributed by atoms with Crippen molar-refractivity contribution in [1.29, 1.82) is 0 Å². The molecule has 0 saturated heterocycles. The highest BCUT2D eigenvalue weighted by Crippen LogP contribution is 2.32. The van der Waals surface area contributed by atoms with Gasteiger partial charge >= 0.3 is 0 Å². The van der Waals surface area contributed by atoms with Crippen LogP contribution in [0.3, 0.4) is 0 Å². The molecule has 4 heteroatoms. The highest BCUT2D eigenvalue weighted by atomic mass is 79.9. The zero-order chi connectivity index (χ0) is 16.9. The molecule has 0 saturated carbocycles. The van der Waals surface area contributed by atoms with Crippen LogP contribution in [0.15, 0.2) is 36.4 Å². The van der Waals surface area contributed by atoms with Gasteiger partial charge in [0.1, 0.15) is 12.0 Å². The van der Waals surface area contributed by atoms with Gasteiger partial charge in [-0.1, -0.05) is 28.8 Å². The maximum Gasteiger partial charge on any atom is 0.150 e.